The van der Waals surface area contributed by atoms with Gasteiger partial charge in [-0.2, -0.15) is 0 Å². The van der Waals surface area contributed by atoms with Gasteiger partial charge in [0.2, 0.25) is 0 Å². The molecular weight excluding hydrogens is 356 g/mol. The van der Waals surface area contributed by atoms with Gasteiger partial charge >= 0.3 is 0 Å². The van der Waals surface area contributed by atoms with Crippen LogP contribution in [0.25, 0.3) is 0 Å². The molecule has 164 valence electrons. The topological polar surface area (TPSA) is 21.8 Å². The van der Waals surface area contributed by atoms with Gasteiger partial charge in [-0.25, -0.2) is 0 Å². The van der Waals surface area contributed by atoms with Gasteiger partial charge in [0.1, 0.15) is 18.0 Å². The summed E-state index contributed by atoms with van der Waals surface area (Å²) in [4.78, 5) is 0. The minimum Gasteiger partial charge on any atom is -0.490 e. The second-order valence-corrected chi connectivity index (χ2v) is 8.97. The number of rotatable bonds is 18. The lowest BCUT2D eigenvalue weighted by molar-refractivity contribution is 0.201. The second kappa shape index (κ2) is 14.7. The molecule has 1 aromatic carbocycles. The summed E-state index contributed by atoms with van der Waals surface area (Å²) in [7, 11) is 0. The molecule has 0 aromatic heterocycles. The van der Waals surface area contributed by atoms with Crippen LogP contribution in [-0.2, 0) is 11.2 Å². The minimum atomic E-state index is -0.0454. The molecule has 0 bridgehead atoms. The van der Waals surface area contributed by atoms with E-state index in [1.807, 2.05) is 0 Å². The molecule has 2 heteroatoms. The Morgan fingerprint density at radius 3 is 2.10 bits per heavy atom. The van der Waals surface area contributed by atoms with Crippen molar-refractivity contribution in [2.45, 2.75) is 109 Å². The number of hydrogen-bond donors (Lipinski definition) is 0. The van der Waals surface area contributed by atoms with Crippen LogP contribution in [0.3, 0.4) is 0 Å². The first-order valence-electron chi connectivity index (χ1n) is 12.2. The van der Waals surface area contributed by atoms with Gasteiger partial charge in [-0.15, -0.1) is 0 Å². The largest absolute Gasteiger partial charge is 0.490 e. The number of epoxide rings is 1. The fourth-order valence-electron chi connectivity index (χ4n) is 3.67. The summed E-state index contributed by atoms with van der Waals surface area (Å²) in [6.45, 7) is 5.88. The van der Waals surface area contributed by atoms with Gasteiger partial charge in [-0.05, 0) is 57.1 Å². The van der Waals surface area contributed by atoms with Crippen molar-refractivity contribution >= 4 is 0 Å². The maximum absolute atomic E-state index is 6.01. The van der Waals surface area contributed by atoms with Crippen molar-refractivity contribution in [1.29, 1.82) is 0 Å². The van der Waals surface area contributed by atoms with E-state index in [2.05, 4.69) is 50.3 Å². The van der Waals surface area contributed by atoms with Crippen LogP contribution < -0.4 is 4.74 Å². The summed E-state index contributed by atoms with van der Waals surface area (Å²) in [5, 5.41) is 0. The van der Waals surface area contributed by atoms with Crippen LogP contribution in [0, 0.1) is 0 Å². The number of para-hydroxylation sites is 1. The Labute approximate surface area is 180 Å². The normalized spacial score (nSPS) is 18.4. The van der Waals surface area contributed by atoms with E-state index in [-0.39, 0.29) is 5.60 Å². The average Bonchev–Trinajstić information content (AvgIpc) is 3.47. The fourth-order valence-corrected chi connectivity index (χ4v) is 3.67. The highest BCUT2D eigenvalue weighted by Crippen LogP contribution is 2.28. The fraction of sp³-hybridized carbons (Fsp3) is 0.704. The van der Waals surface area contributed by atoms with Crippen molar-refractivity contribution in [1.82, 2.24) is 0 Å². The SMILES string of the molecule is CCCCCCCC/C=C/CCCCCCCc1ccccc1OCC1(C)CO1. The van der Waals surface area contributed by atoms with E-state index in [1.54, 1.807) is 0 Å². The molecule has 0 aliphatic carbocycles. The van der Waals surface area contributed by atoms with Gasteiger partial charge in [-0.1, -0.05) is 88.6 Å². The Hall–Kier alpha value is -1.28. The van der Waals surface area contributed by atoms with E-state index < -0.39 is 0 Å². The maximum Gasteiger partial charge on any atom is 0.123 e. The van der Waals surface area contributed by atoms with Gasteiger partial charge in [0.15, 0.2) is 0 Å². The van der Waals surface area contributed by atoms with E-state index in [0.29, 0.717) is 6.61 Å². The van der Waals surface area contributed by atoms with Gasteiger partial charge in [0.25, 0.3) is 0 Å². The quantitative estimate of drug-likeness (QED) is 0.141. The third-order valence-corrected chi connectivity index (χ3v) is 5.85. The van der Waals surface area contributed by atoms with E-state index in [4.69, 9.17) is 9.47 Å². The Morgan fingerprint density at radius 1 is 0.862 bits per heavy atom. The van der Waals surface area contributed by atoms with Crippen LogP contribution >= 0.6 is 0 Å². The van der Waals surface area contributed by atoms with Crippen molar-refractivity contribution in [3.05, 3.63) is 42.0 Å². The predicted octanol–water partition coefficient (Wildman–Crippen LogP) is 8.04. The Balaban J connectivity index is 1.43. The number of unbranched alkanes of at least 4 members (excludes halogenated alkanes) is 11. The zero-order valence-electron chi connectivity index (χ0n) is 19.1. The molecule has 1 aliphatic rings. The van der Waals surface area contributed by atoms with E-state index >= 15 is 0 Å². The Kier molecular flexibility index (Phi) is 12.1. The van der Waals surface area contributed by atoms with Crippen LogP contribution in [0.1, 0.15) is 103 Å². The van der Waals surface area contributed by atoms with Gasteiger partial charge in [0, 0.05) is 0 Å². The average molecular weight is 401 g/mol. The highest BCUT2D eigenvalue weighted by atomic mass is 16.6. The minimum absolute atomic E-state index is 0.0454. The molecule has 0 radical (unpaired) electrons. The smallest absolute Gasteiger partial charge is 0.123 e. The van der Waals surface area contributed by atoms with E-state index in [1.165, 1.54) is 89.0 Å². The molecular formula is C27H44O2. The first kappa shape index (κ1) is 24.0. The number of benzene rings is 1. The third kappa shape index (κ3) is 11.5. The lowest BCUT2D eigenvalue weighted by Crippen LogP contribution is -2.17. The van der Waals surface area contributed by atoms with E-state index in [0.717, 1.165) is 18.8 Å². The zero-order chi connectivity index (χ0) is 20.6. The molecule has 1 fully saturated rings. The highest BCUT2D eigenvalue weighted by molar-refractivity contribution is 5.33. The molecule has 1 atom stereocenters. The second-order valence-electron chi connectivity index (χ2n) is 8.97. The number of hydrogen-bond acceptors (Lipinski definition) is 2. The first-order valence-corrected chi connectivity index (χ1v) is 12.2. The molecule has 1 heterocycles. The summed E-state index contributed by atoms with van der Waals surface area (Å²) < 4.78 is 11.4. The van der Waals surface area contributed by atoms with Gasteiger partial charge < -0.3 is 9.47 Å². The van der Waals surface area contributed by atoms with Crippen LogP contribution in [0.4, 0.5) is 0 Å². The first-order chi connectivity index (χ1) is 14.2. The molecule has 2 rings (SSSR count). The van der Waals surface area contributed by atoms with Crippen molar-refractivity contribution in [3.8, 4) is 5.75 Å². The Bertz CT molecular complexity index is 559. The van der Waals surface area contributed by atoms with Crippen molar-refractivity contribution in [2.24, 2.45) is 0 Å². The van der Waals surface area contributed by atoms with Gasteiger partial charge in [0.05, 0.1) is 6.61 Å². The molecule has 1 unspecified atom stereocenters. The summed E-state index contributed by atoms with van der Waals surface area (Å²) >= 11 is 0. The number of allylic oxidation sites excluding steroid dienone is 2. The zero-order valence-corrected chi connectivity index (χ0v) is 19.1. The van der Waals surface area contributed by atoms with Crippen molar-refractivity contribution in [3.63, 3.8) is 0 Å². The molecule has 29 heavy (non-hydrogen) atoms. The van der Waals surface area contributed by atoms with Crippen LogP contribution in [0.5, 0.6) is 5.75 Å². The van der Waals surface area contributed by atoms with Crippen LogP contribution in [-0.4, -0.2) is 18.8 Å². The molecule has 1 aliphatic heterocycles. The van der Waals surface area contributed by atoms with Crippen LogP contribution in [0.2, 0.25) is 0 Å². The predicted molar refractivity (Wildman–Crippen MR) is 125 cm³/mol. The number of ether oxygens (including phenoxy) is 2. The molecule has 0 N–H and O–H groups in total. The maximum atomic E-state index is 6.01. The summed E-state index contributed by atoms with van der Waals surface area (Å²) in [5.41, 5.74) is 1.30. The van der Waals surface area contributed by atoms with Crippen LogP contribution in [0.15, 0.2) is 36.4 Å². The van der Waals surface area contributed by atoms with E-state index in [9.17, 15) is 0 Å². The van der Waals surface area contributed by atoms with Gasteiger partial charge in [-0.3, -0.25) is 0 Å². The third-order valence-electron chi connectivity index (χ3n) is 5.85. The summed E-state index contributed by atoms with van der Waals surface area (Å²) in [5.74, 6) is 1.04. The molecule has 1 saturated heterocycles. The molecule has 0 amide bonds. The molecule has 2 nitrogen and oxygen atoms in total. The highest BCUT2D eigenvalue weighted by Gasteiger charge is 2.40. The summed E-state index contributed by atoms with van der Waals surface area (Å²) in [6, 6.07) is 8.49. The lowest BCUT2D eigenvalue weighted by Gasteiger charge is -2.13. The standard InChI is InChI=1S/C27H44O2/c1-3-4-5-6-7-8-9-10-11-12-13-14-15-16-17-20-25-21-18-19-22-26(25)28-23-27(2)24-29-27/h10-11,18-19,21-22H,3-9,12-17,20,23-24H2,1-2H3/b11-10+. The lowest BCUT2D eigenvalue weighted by atomic mass is 10.0. The molecule has 1 aromatic rings. The molecule has 0 saturated carbocycles. The number of aryl methyl sites for hydroxylation is 1. The summed E-state index contributed by atoms with van der Waals surface area (Å²) in [6.07, 6.45) is 23.5. The monoisotopic (exact) mass is 400 g/mol. The Morgan fingerprint density at radius 2 is 1.45 bits per heavy atom. The van der Waals surface area contributed by atoms with Crippen molar-refractivity contribution in [2.75, 3.05) is 13.2 Å². The van der Waals surface area contributed by atoms with Crippen molar-refractivity contribution < 1.29 is 9.47 Å². The molecule has 0 spiro atoms.